The highest BCUT2D eigenvalue weighted by Crippen LogP contribution is 2.23. The predicted molar refractivity (Wildman–Crippen MR) is 72.9 cm³/mol. The maximum Gasteiger partial charge on any atom is 0.269 e. The van der Waals surface area contributed by atoms with E-state index in [0.29, 0.717) is 24.7 Å². The molecule has 0 saturated carbocycles. The van der Waals surface area contributed by atoms with Crippen molar-refractivity contribution in [3.8, 4) is 0 Å². The molecular weight excluding hydrogens is 268 g/mol. The summed E-state index contributed by atoms with van der Waals surface area (Å²) < 4.78 is 0. The van der Waals surface area contributed by atoms with Crippen molar-refractivity contribution in [2.24, 2.45) is 0 Å². The van der Waals surface area contributed by atoms with Gasteiger partial charge in [-0.15, -0.1) is 0 Å². The first-order chi connectivity index (χ1) is 8.85. The molecule has 19 heavy (non-hydrogen) atoms. The molecule has 0 amide bonds. The highest BCUT2D eigenvalue weighted by molar-refractivity contribution is 6.30. The minimum atomic E-state index is -0.934. The van der Waals surface area contributed by atoms with Gasteiger partial charge >= 0.3 is 0 Å². The van der Waals surface area contributed by atoms with Crippen molar-refractivity contribution < 1.29 is 10.0 Å². The quantitative estimate of drug-likeness (QED) is 0.682. The number of rotatable bonds is 3. The van der Waals surface area contributed by atoms with Crippen molar-refractivity contribution in [2.75, 3.05) is 13.1 Å². The summed E-state index contributed by atoms with van der Waals surface area (Å²) in [5.41, 5.74) is 0.0934. The molecule has 0 radical (unpaired) electrons. The van der Waals surface area contributed by atoms with E-state index < -0.39 is 10.5 Å². The Balaban J connectivity index is 2.06. The smallest absolute Gasteiger partial charge is 0.269 e. The Labute approximate surface area is 116 Å². The molecule has 1 aromatic carbocycles. The molecule has 0 aliphatic carbocycles. The van der Waals surface area contributed by atoms with Crippen molar-refractivity contribution in [3.05, 3.63) is 51.1 Å². The van der Waals surface area contributed by atoms with Crippen LogP contribution in [-0.4, -0.2) is 33.6 Å². The summed E-state index contributed by atoms with van der Waals surface area (Å²) in [5.74, 6) is 0. The Morgan fingerprint density at radius 1 is 1.47 bits per heavy atom. The maximum atomic E-state index is 10.6. The van der Waals surface area contributed by atoms with E-state index in [0.717, 1.165) is 5.56 Å². The minimum absolute atomic E-state index is 0.0762. The zero-order valence-corrected chi connectivity index (χ0v) is 11.3. The normalized spacial score (nSPS) is 24.1. The number of β-amino-alcohol motifs (C(OH)–C–C–N with tert-alkyl or cyclic N) is 1. The number of aliphatic hydroxyl groups is 1. The fourth-order valence-corrected chi connectivity index (χ4v) is 2.65. The Kier molecular flexibility index (Phi) is 3.89. The third-order valence-electron chi connectivity index (χ3n) is 2.94. The Morgan fingerprint density at radius 3 is 2.63 bits per heavy atom. The molecule has 1 aromatic rings. The SMILES string of the molecule is CC1(O)C=C(Cl)CN(Cc2ccc([N+](=O)[O-])cc2)C1. The average Bonchev–Trinajstić information content (AvgIpc) is 2.26. The van der Waals surface area contributed by atoms with Gasteiger partial charge in [0, 0.05) is 36.8 Å². The molecule has 1 heterocycles. The summed E-state index contributed by atoms with van der Waals surface area (Å²) in [7, 11) is 0. The zero-order chi connectivity index (χ0) is 14.0. The number of non-ortho nitro benzene ring substituents is 1. The third kappa shape index (κ3) is 3.76. The highest BCUT2D eigenvalue weighted by Gasteiger charge is 2.27. The summed E-state index contributed by atoms with van der Waals surface area (Å²) in [6, 6.07) is 6.40. The third-order valence-corrected chi connectivity index (χ3v) is 3.17. The number of nitrogens with zero attached hydrogens (tertiary/aromatic N) is 2. The number of nitro groups is 1. The van der Waals surface area contributed by atoms with Gasteiger partial charge in [0.05, 0.1) is 10.5 Å². The van der Waals surface area contributed by atoms with Crippen LogP contribution in [0.1, 0.15) is 12.5 Å². The van der Waals surface area contributed by atoms with Gasteiger partial charge in [0.25, 0.3) is 5.69 Å². The fourth-order valence-electron chi connectivity index (χ4n) is 2.24. The number of benzene rings is 1. The molecular formula is C13H15ClN2O3. The van der Waals surface area contributed by atoms with E-state index in [9.17, 15) is 15.2 Å². The van der Waals surface area contributed by atoms with Crippen molar-refractivity contribution >= 4 is 17.3 Å². The summed E-state index contributed by atoms with van der Waals surface area (Å²) >= 11 is 6.00. The lowest BCUT2D eigenvalue weighted by Crippen LogP contribution is -2.43. The van der Waals surface area contributed by atoms with Crippen LogP contribution in [0.4, 0.5) is 5.69 Å². The molecule has 0 aromatic heterocycles. The van der Waals surface area contributed by atoms with Crippen molar-refractivity contribution in [2.45, 2.75) is 19.1 Å². The Hall–Kier alpha value is -1.43. The second-order valence-corrected chi connectivity index (χ2v) is 5.50. The van der Waals surface area contributed by atoms with E-state index in [-0.39, 0.29) is 5.69 Å². The van der Waals surface area contributed by atoms with Gasteiger partial charge in [-0.3, -0.25) is 15.0 Å². The lowest BCUT2D eigenvalue weighted by atomic mass is 10.0. The number of hydrogen-bond donors (Lipinski definition) is 1. The van der Waals surface area contributed by atoms with Crippen molar-refractivity contribution in [1.82, 2.24) is 4.90 Å². The van der Waals surface area contributed by atoms with Gasteiger partial charge in [0.1, 0.15) is 0 Å². The van der Waals surface area contributed by atoms with Crippen LogP contribution in [0.3, 0.4) is 0 Å². The molecule has 1 unspecified atom stereocenters. The van der Waals surface area contributed by atoms with E-state index >= 15 is 0 Å². The molecule has 102 valence electrons. The van der Waals surface area contributed by atoms with Gasteiger partial charge in [0.15, 0.2) is 0 Å². The summed E-state index contributed by atoms with van der Waals surface area (Å²) in [6.45, 7) is 3.37. The lowest BCUT2D eigenvalue weighted by Gasteiger charge is -2.34. The summed E-state index contributed by atoms with van der Waals surface area (Å²) in [4.78, 5) is 12.1. The van der Waals surface area contributed by atoms with Crippen LogP contribution < -0.4 is 0 Å². The van der Waals surface area contributed by atoms with E-state index in [2.05, 4.69) is 0 Å². The first-order valence-corrected chi connectivity index (χ1v) is 6.29. The highest BCUT2D eigenvalue weighted by atomic mass is 35.5. The van der Waals surface area contributed by atoms with Gasteiger partial charge in [-0.2, -0.15) is 0 Å². The predicted octanol–water partition coefficient (Wildman–Crippen LogP) is 2.28. The topological polar surface area (TPSA) is 66.6 Å². The minimum Gasteiger partial charge on any atom is -0.385 e. The maximum absolute atomic E-state index is 10.6. The monoisotopic (exact) mass is 282 g/mol. The molecule has 1 aliphatic heterocycles. The van der Waals surface area contributed by atoms with E-state index in [1.54, 1.807) is 25.1 Å². The van der Waals surface area contributed by atoms with Gasteiger partial charge in [-0.05, 0) is 18.6 Å². The molecule has 5 nitrogen and oxygen atoms in total. The Bertz CT molecular complexity index is 511. The van der Waals surface area contributed by atoms with Crippen molar-refractivity contribution in [3.63, 3.8) is 0 Å². The molecule has 1 atom stereocenters. The van der Waals surface area contributed by atoms with Crippen LogP contribution in [0.2, 0.25) is 0 Å². The molecule has 6 heteroatoms. The first-order valence-electron chi connectivity index (χ1n) is 5.91. The lowest BCUT2D eigenvalue weighted by molar-refractivity contribution is -0.384. The zero-order valence-electron chi connectivity index (χ0n) is 10.5. The molecule has 1 N–H and O–H groups in total. The van der Waals surface area contributed by atoms with Crippen molar-refractivity contribution in [1.29, 1.82) is 0 Å². The number of halogens is 1. The van der Waals surface area contributed by atoms with Crippen LogP contribution in [0.25, 0.3) is 0 Å². The molecule has 0 spiro atoms. The first kappa shape index (κ1) is 14.0. The van der Waals surface area contributed by atoms with E-state index in [1.807, 2.05) is 4.90 Å². The van der Waals surface area contributed by atoms with Gasteiger partial charge in [-0.1, -0.05) is 23.7 Å². The van der Waals surface area contributed by atoms with Crippen LogP contribution in [0.15, 0.2) is 35.4 Å². The molecule has 0 saturated heterocycles. The largest absolute Gasteiger partial charge is 0.385 e. The summed E-state index contributed by atoms with van der Waals surface area (Å²) in [6.07, 6.45) is 1.65. The number of nitro benzene ring substituents is 1. The van der Waals surface area contributed by atoms with Gasteiger partial charge < -0.3 is 5.11 Å². The molecule has 1 aliphatic rings. The number of hydrogen-bond acceptors (Lipinski definition) is 4. The fraction of sp³-hybridized carbons (Fsp3) is 0.385. The second kappa shape index (κ2) is 5.28. The average molecular weight is 283 g/mol. The molecule has 0 bridgehead atoms. The molecule has 0 fully saturated rings. The van der Waals surface area contributed by atoms with Crippen LogP contribution in [0.5, 0.6) is 0 Å². The van der Waals surface area contributed by atoms with Crippen LogP contribution >= 0.6 is 11.6 Å². The second-order valence-electron chi connectivity index (χ2n) is 5.02. The van der Waals surface area contributed by atoms with E-state index in [4.69, 9.17) is 11.6 Å². The van der Waals surface area contributed by atoms with Crippen LogP contribution in [-0.2, 0) is 6.54 Å². The van der Waals surface area contributed by atoms with Gasteiger partial charge in [0.2, 0.25) is 0 Å². The van der Waals surface area contributed by atoms with Gasteiger partial charge in [-0.25, -0.2) is 0 Å². The van der Waals surface area contributed by atoms with E-state index in [1.165, 1.54) is 12.1 Å². The summed E-state index contributed by atoms with van der Waals surface area (Å²) in [5, 5.41) is 21.2. The Morgan fingerprint density at radius 2 is 2.11 bits per heavy atom. The van der Waals surface area contributed by atoms with Crippen LogP contribution in [0, 0.1) is 10.1 Å². The standard InChI is InChI=1S/C13H15ClN2O3/c1-13(17)6-11(14)8-15(9-13)7-10-2-4-12(5-3-10)16(18)19/h2-6,17H,7-9H2,1H3. The molecule has 2 rings (SSSR count).